The molecule has 1 amide bonds. The molecule has 0 aliphatic carbocycles. The van der Waals surface area contributed by atoms with Gasteiger partial charge in [0.25, 0.3) is 5.91 Å². The first-order valence-corrected chi connectivity index (χ1v) is 10.3. The third kappa shape index (κ3) is 4.41. The van der Waals surface area contributed by atoms with Crippen LogP contribution in [0, 0.1) is 5.82 Å². The third-order valence-electron chi connectivity index (χ3n) is 5.22. The molecule has 1 fully saturated rings. The van der Waals surface area contributed by atoms with Gasteiger partial charge in [-0.3, -0.25) is 4.79 Å². The normalized spacial score (nSPS) is 13.9. The van der Waals surface area contributed by atoms with Crippen LogP contribution in [0.5, 0.6) is 5.75 Å². The number of nitrogens with zero attached hydrogens (tertiary/aromatic N) is 2. The van der Waals surface area contributed by atoms with Crippen LogP contribution in [0.15, 0.2) is 72.8 Å². The molecule has 0 atom stereocenters. The number of hydrogen-bond donors (Lipinski definition) is 0. The fourth-order valence-electron chi connectivity index (χ4n) is 3.57. The number of carbonyl (C=O) groups excluding carboxylic acids is 1. The second-order valence-corrected chi connectivity index (χ2v) is 7.51. The highest BCUT2D eigenvalue weighted by atomic mass is 35.5. The molecule has 1 saturated heterocycles. The molecular formula is C24H22ClFN2O2. The molecule has 3 aromatic carbocycles. The van der Waals surface area contributed by atoms with Gasteiger partial charge >= 0.3 is 0 Å². The molecule has 154 valence electrons. The van der Waals surface area contributed by atoms with Crippen molar-refractivity contribution in [2.75, 3.05) is 31.1 Å². The van der Waals surface area contributed by atoms with E-state index < -0.39 is 0 Å². The molecule has 4 nitrogen and oxygen atoms in total. The number of piperazine rings is 1. The Morgan fingerprint density at radius 3 is 2.33 bits per heavy atom. The summed E-state index contributed by atoms with van der Waals surface area (Å²) in [4.78, 5) is 16.9. The maximum atomic E-state index is 14.1. The summed E-state index contributed by atoms with van der Waals surface area (Å²) in [6, 6.07) is 21.4. The van der Waals surface area contributed by atoms with Gasteiger partial charge in [-0.25, -0.2) is 4.39 Å². The molecule has 1 heterocycles. The van der Waals surface area contributed by atoms with Crippen molar-refractivity contribution in [2.24, 2.45) is 0 Å². The van der Waals surface area contributed by atoms with Crippen molar-refractivity contribution in [3.8, 4) is 5.75 Å². The molecule has 0 unspecified atom stereocenters. The van der Waals surface area contributed by atoms with Gasteiger partial charge in [0.15, 0.2) is 0 Å². The number of hydrogen-bond acceptors (Lipinski definition) is 3. The van der Waals surface area contributed by atoms with Gasteiger partial charge in [0, 0.05) is 36.8 Å². The lowest BCUT2D eigenvalue weighted by atomic mass is 10.1. The number of ether oxygens (including phenoxy) is 1. The van der Waals surface area contributed by atoms with Crippen molar-refractivity contribution in [2.45, 2.75) is 6.61 Å². The zero-order chi connectivity index (χ0) is 20.9. The van der Waals surface area contributed by atoms with Crippen molar-refractivity contribution >= 4 is 23.2 Å². The number of carbonyl (C=O) groups is 1. The largest absolute Gasteiger partial charge is 0.488 e. The molecule has 6 heteroatoms. The number of amides is 1. The Kier molecular flexibility index (Phi) is 6.19. The summed E-state index contributed by atoms with van der Waals surface area (Å²) in [5.41, 5.74) is 1.96. The van der Waals surface area contributed by atoms with Gasteiger partial charge in [-0.1, -0.05) is 54.1 Å². The minimum absolute atomic E-state index is 0.0852. The van der Waals surface area contributed by atoms with Crippen molar-refractivity contribution < 1.29 is 13.9 Å². The molecule has 0 saturated carbocycles. The van der Waals surface area contributed by atoms with Crippen LogP contribution >= 0.6 is 11.6 Å². The summed E-state index contributed by atoms with van der Waals surface area (Å²) in [6.07, 6.45) is 0. The zero-order valence-corrected chi connectivity index (χ0v) is 17.2. The van der Waals surface area contributed by atoms with Crippen LogP contribution in [0.1, 0.15) is 15.9 Å². The highest BCUT2D eigenvalue weighted by molar-refractivity contribution is 6.31. The first-order chi connectivity index (χ1) is 14.6. The van der Waals surface area contributed by atoms with E-state index >= 15 is 0 Å². The highest BCUT2D eigenvalue weighted by Crippen LogP contribution is 2.25. The fourth-order valence-corrected chi connectivity index (χ4v) is 3.76. The van der Waals surface area contributed by atoms with Crippen molar-refractivity contribution in [3.05, 3.63) is 94.8 Å². The smallest absolute Gasteiger partial charge is 0.257 e. The molecule has 4 rings (SSSR count). The SMILES string of the molecule is O=C(c1ccccc1OCc1ccccc1Cl)N1CCN(c2ccccc2F)CC1. The van der Waals surface area contributed by atoms with Gasteiger partial charge in [0.2, 0.25) is 0 Å². The Morgan fingerprint density at radius 2 is 1.57 bits per heavy atom. The van der Waals surface area contributed by atoms with Crippen LogP contribution in [0.3, 0.4) is 0 Å². The van der Waals surface area contributed by atoms with E-state index in [4.69, 9.17) is 16.3 Å². The van der Waals surface area contributed by atoms with E-state index in [0.29, 0.717) is 48.2 Å². The molecule has 0 aromatic heterocycles. The summed E-state index contributed by atoms with van der Waals surface area (Å²) in [5.74, 6) is 0.201. The van der Waals surface area contributed by atoms with Crippen LogP contribution < -0.4 is 9.64 Å². The molecule has 30 heavy (non-hydrogen) atoms. The van der Waals surface area contributed by atoms with E-state index in [2.05, 4.69) is 0 Å². The van der Waals surface area contributed by atoms with E-state index in [0.717, 1.165) is 5.56 Å². The standard InChI is InChI=1S/C24H22ClFN2O2/c25-20-9-3-1-7-18(20)17-30-23-12-6-2-8-19(23)24(29)28-15-13-27(14-16-28)22-11-5-4-10-21(22)26/h1-12H,13-17H2. The van der Waals surface area contributed by atoms with E-state index in [9.17, 15) is 9.18 Å². The van der Waals surface area contributed by atoms with Crippen molar-refractivity contribution in [3.63, 3.8) is 0 Å². The number of anilines is 1. The summed E-state index contributed by atoms with van der Waals surface area (Å²) >= 11 is 6.20. The molecular weight excluding hydrogens is 403 g/mol. The predicted octanol–water partition coefficient (Wildman–Crippen LogP) is 5.02. The van der Waals surface area contributed by atoms with Gasteiger partial charge in [-0.05, 0) is 30.3 Å². The summed E-state index contributed by atoms with van der Waals surface area (Å²) in [6.45, 7) is 2.48. The summed E-state index contributed by atoms with van der Waals surface area (Å²) < 4.78 is 20.0. The van der Waals surface area contributed by atoms with Crippen LogP contribution in [0.25, 0.3) is 0 Å². The average molecular weight is 425 g/mol. The number of rotatable bonds is 5. The Bertz CT molecular complexity index is 1030. The molecule has 0 spiro atoms. The fraction of sp³-hybridized carbons (Fsp3) is 0.208. The van der Waals surface area contributed by atoms with Crippen molar-refractivity contribution in [1.29, 1.82) is 0 Å². The number of para-hydroxylation sites is 2. The van der Waals surface area contributed by atoms with E-state index in [1.54, 1.807) is 29.2 Å². The van der Waals surface area contributed by atoms with Gasteiger partial charge in [-0.15, -0.1) is 0 Å². The van der Waals surface area contributed by atoms with Crippen LogP contribution in [-0.4, -0.2) is 37.0 Å². The average Bonchev–Trinajstić information content (AvgIpc) is 2.79. The van der Waals surface area contributed by atoms with E-state index in [1.807, 2.05) is 47.4 Å². The Hall–Kier alpha value is -3.05. The van der Waals surface area contributed by atoms with Gasteiger partial charge in [0.1, 0.15) is 18.2 Å². The minimum atomic E-state index is -0.240. The summed E-state index contributed by atoms with van der Waals surface area (Å²) in [7, 11) is 0. The molecule has 0 radical (unpaired) electrons. The first-order valence-electron chi connectivity index (χ1n) is 9.87. The van der Waals surface area contributed by atoms with E-state index in [1.165, 1.54) is 6.07 Å². The maximum absolute atomic E-state index is 14.1. The van der Waals surface area contributed by atoms with Crippen LogP contribution in [-0.2, 0) is 6.61 Å². The second-order valence-electron chi connectivity index (χ2n) is 7.11. The third-order valence-corrected chi connectivity index (χ3v) is 5.59. The lowest BCUT2D eigenvalue weighted by Gasteiger charge is -2.36. The Labute approximate surface area is 180 Å². The predicted molar refractivity (Wildman–Crippen MR) is 117 cm³/mol. The van der Waals surface area contributed by atoms with Crippen LogP contribution in [0.4, 0.5) is 10.1 Å². The molecule has 3 aromatic rings. The van der Waals surface area contributed by atoms with Gasteiger partial charge in [0.05, 0.1) is 11.3 Å². The van der Waals surface area contributed by atoms with Gasteiger partial charge < -0.3 is 14.5 Å². The van der Waals surface area contributed by atoms with Crippen molar-refractivity contribution in [1.82, 2.24) is 4.90 Å². The molecule has 0 bridgehead atoms. The van der Waals surface area contributed by atoms with Crippen LogP contribution in [0.2, 0.25) is 5.02 Å². The topological polar surface area (TPSA) is 32.8 Å². The highest BCUT2D eigenvalue weighted by Gasteiger charge is 2.25. The monoisotopic (exact) mass is 424 g/mol. The zero-order valence-electron chi connectivity index (χ0n) is 16.4. The van der Waals surface area contributed by atoms with Gasteiger partial charge in [-0.2, -0.15) is 0 Å². The lowest BCUT2D eigenvalue weighted by molar-refractivity contribution is 0.0741. The maximum Gasteiger partial charge on any atom is 0.257 e. The first kappa shape index (κ1) is 20.2. The quantitative estimate of drug-likeness (QED) is 0.576. The molecule has 0 N–H and O–H groups in total. The number of halogens is 2. The Morgan fingerprint density at radius 1 is 0.900 bits per heavy atom. The minimum Gasteiger partial charge on any atom is -0.488 e. The molecule has 1 aliphatic rings. The Balaban J connectivity index is 1.43. The molecule has 1 aliphatic heterocycles. The lowest BCUT2D eigenvalue weighted by Crippen LogP contribution is -2.49. The second kappa shape index (κ2) is 9.18. The summed E-state index contributed by atoms with van der Waals surface area (Å²) in [5, 5.41) is 0.630. The van der Waals surface area contributed by atoms with E-state index in [-0.39, 0.29) is 18.3 Å². The number of benzene rings is 3.